The van der Waals surface area contributed by atoms with Crippen LogP contribution in [0.5, 0.6) is 0 Å². The molecule has 5 nitrogen and oxygen atoms in total. The zero-order chi connectivity index (χ0) is 9.28. The predicted molar refractivity (Wildman–Crippen MR) is 38.5 cm³/mol. The van der Waals surface area contributed by atoms with Gasteiger partial charge in [-0.2, -0.15) is 0 Å². The first-order chi connectivity index (χ1) is 5.04. The largest absolute Gasteiger partial charge is 0.352 e. The van der Waals surface area contributed by atoms with Crippen LogP contribution in [0.25, 0.3) is 0 Å². The second-order valence-electron chi connectivity index (χ2n) is 1.65. The van der Waals surface area contributed by atoms with E-state index in [0.29, 0.717) is 0 Å². The Balaban J connectivity index is 0. The van der Waals surface area contributed by atoms with Crippen LogP contribution in [0.3, 0.4) is 0 Å². The standard InChI is InChI=1S/C4H6O4.C2H7N/c1-3(5)7-8-4(2)6;1-3-2/h1-2H3;3H,1-2H3. The molecule has 0 aromatic rings. The molecule has 0 aliphatic heterocycles. The van der Waals surface area contributed by atoms with Crippen molar-refractivity contribution >= 4 is 11.9 Å². The van der Waals surface area contributed by atoms with E-state index in [-0.39, 0.29) is 0 Å². The number of carbonyl (C=O) groups is 2. The van der Waals surface area contributed by atoms with Gasteiger partial charge >= 0.3 is 11.9 Å². The van der Waals surface area contributed by atoms with Gasteiger partial charge in [0.1, 0.15) is 0 Å². The molecule has 0 fully saturated rings. The quantitative estimate of drug-likeness (QED) is 0.398. The van der Waals surface area contributed by atoms with E-state index in [1.807, 2.05) is 14.1 Å². The Labute approximate surface area is 65.6 Å². The van der Waals surface area contributed by atoms with Crippen molar-refractivity contribution in [3.63, 3.8) is 0 Å². The molecule has 0 aromatic carbocycles. The third-order valence-electron chi connectivity index (χ3n) is 0.276. The lowest BCUT2D eigenvalue weighted by Gasteiger charge is -1.93. The monoisotopic (exact) mass is 163 g/mol. The van der Waals surface area contributed by atoms with Crippen LogP contribution in [-0.2, 0) is 19.4 Å². The van der Waals surface area contributed by atoms with Crippen LogP contribution in [0.2, 0.25) is 0 Å². The topological polar surface area (TPSA) is 64.6 Å². The first-order valence-electron chi connectivity index (χ1n) is 2.98. The van der Waals surface area contributed by atoms with Crippen molar-refractivity contribution in [3.05, 3.63) is 0 Å². The number of nitrogens with one attached hydrogen (secondary N) is 1. The summed E-state index contributed by atoms with van der Waals surface area (Å²) in [6, 6.07) is 0. The van der Waals surface area contributed by atoms with Crippen molar-refractivity contribution < 1.29 is 19.4 Å². The van der Waals surface area contributed by atoms with Crippen molar-refractivity contribution in [1.29, 1.82) is 0 Å². The minimum Gasteiger partial charge on any atom is -0.323 e. The summed E-state index contributed by atoms with van der Waals surface area (Å²) < 4.78 is 0. The molecule has 0 saturated carbocycles. The zero-order valence-electron chi connectivity index (χ0n) is 7.13. The Hall–Kier alpha value is -1.10. The molecule has 0 radical (unpaired) electrons. The number of hydrogen-bond donors (Lipinski definition) is 1. The van der Waals surface area contributed by atoms with Gasteiger partial charge in [-0.15, -0.1) is 0 Å². The Morgan fingerprint density at radius 3 is 1.27 bits per heavy atom. The summed E-state index contributed by atoms with van der Waals surface area (Å²) in [4.78, 5) is 27.3. The highest BCUT2D eigenvalue weighted by molar-refractivity contribution is 5.69. The third-order valence-corrected chi connectivity index (χ3v) is 0.276. The van der Waals surface area contributed by atoms with Crippen LogP contribution in [0.15, 0.2) is 0 Å². The average molecular weight is 163 g/mol. The molecule has 0 heterocycles. The van der Waals surface area contributed by atoms with E-state index in [4.69, 9.17) is 0 Å². The van der Waals surface area contributed by atoms with Gasteiger partial charge in [0.05, 0.1) is 0 Å². The molecule has 0 saturated heterocycles. The first kappa shape index (κ1) is 12.6. The molecule has 11 heavy (non-hydrogen) atoms. The summed E-state index contributed by atoms with van der Waals surface area (Å²) in [5, 5.41) is 2.75. The molecule has 0 aliphatic carbocycles. The predicted octanol–water partition coefficient (Wildman–Crippen LogP) is -0.137. The number of carbonyl (C=O) groups excluding carboxylic acids is 2. The SMILES string of the molecule is CC(=O)OOC(C)=O.CNC. The second-order valence-corrected chi connectivity index (χ2v) is 1.65. The van der Waals surface area contributed by atoms with Crippen molar-refractivity contribution in [1.82, 2.24) is 5.32 Å². The van der Waals surface area contributed by atoms with Crippen molar-refractivity contribution in [2.75, 3.05) is 14.1 Å². The van der Waals surface area contributed by atoms with Crippen LogP contribution < -0.4 is 5.32 Å². The molecule has 1 N–H and O–H groups in total. The molecule has 0 rings (SSSR count). The van der Waals surface area contributed by atoms with Gasteiger partial charge < -0.3 is 5.32 Å². The summed E-state index contributed by atoms with van der Waals surface area (Å²) in [7, 11) is 3.75. The van der Waals surface area contributed by atoms with Gasteiger partial charge in [-0.1, -0.05) is 0 Å². The molecule has 0 atom stereocenters. The highest BCUT2D eigenvalue weighted by atomic mass is 17.2. The van der Waals surface area contributed by atoms with Crippen LogP contribution in [0.4, 0.5) is 0 Å². The summed E-state index contributed by atoms with van der Waals surface area (Å²) in [6.07, 6.45) is 0. The van der Waals surface area contributed by atoms with E-state index in [2.05, 4.69) is 15.1 Å². The molecule has 5 heteroatoms. The zero-order valence-corrected chi connectivity index (χ0v) is 7.13. The van der Waals surface area contributed by atoms with Gasteiger partial charge in [0.15, 0.2) is 0 Å². The summed E-state index contributed by atoms with van der Waals surface area (Å²) in [5.41, 5.74) is 0. The second kappa shape index (κ2) is 8.90. The molecule has 0 amide bonds. The fourth-order valence-corrected chi connectivity index (χ4v) is 0.117. The maximum atomic E-state index is 9.85. The van der Waals surface area contributed by atoms with Crippen LogP contribution in [0.1, 0.15) is 13.8 Å². The smallest absolute Gasteiger partial charge is 0.323 e. The van der Waals surface area contributed by atoms with E-state index in [9.17, 15) is 9.59 Å². The number of hydrogen-bond acceptors (Lipinski definition) is 5. The van der Waals surface area contributed by atoms with Gasteiger partial charge in [0.25, 0.3) is 0 Å². The fourth-order valence-electron chi connectivity index (χ4n) is 0.117. The molecule has 66 valence electrons. The fraction of sp³-hybridized carbons (Fsp3) is 0.667. The molecule has 0 bridgehead atoms. The Morgan fingerprint density at radius 1 is 1.00 bits per heavy atom. The lowest BCUT2D eigenvalue weighted by atomic mass is 10.8. The molecular formula is C6H13NO4. The van der Waals surface area contributed by atoms with E-state index >= 15 is 0 Å². The van der Waals surface area contributed by atoms with Gasteiger partial charge in [-0.25, -0.2) is 19.4 Å². The lowest BCUT2D eigenvalue weighted by molar-refractivity contribution is -0.255. The number of rotatable bonds is 0. The normalized spacial score (nSPS) is 7.27. The highest BCUT2D eigenvalue weighted by Gasteiger charge is 1.95. The summed E-state index contributed by atoms with van der Waals surface area (Å²) in [5.74, 6) is -1.28. The first-order valence-corrected chi connectivity index (χ1v) is 2.98. The molecule has 0 aliphatic rings. The van der Waals surface area contributed by atoms with Crippen molar-refractivity contribution in [2.24, 2.45) is 0 Å². The van der Waals surface area contributed by atoms with Crippen LogP contribution in [-0.4, -0.2) is 26.0 Å². The van der Waals surface area contributed by atoms with Crippen LogP contribution >= 0.6 is 0 Å². The maximum Gasteiger partial charge on any atom is 0.352 e. The maximum absolute atomic E-state index is 9.85. The minimum absolute atomic E-state index is 0.639. The molecular weight excluding hydrogens is 150 g/mol. The highest BCUT2D eigenvalue weighted by Crippen LogP contribution is 1.78. The Bertz CT molecular complexity index is 110. The van der Waals surface area contributed by atoms with Crippen molar-refractivity contribution in [2.45, 2.75) is 13.8 Å². The van der Waals surface area contributed by atoms with E-state index in [0.717, 1.165) is 13.8 Å². The van der Waals surface area contributed by atoms with Gasteiger partial charge in [-0.05, 0) is 14.1 Å². The van der Waals surface area contributed by atoms with E-state index in [1.54, 1.807) is 0 Å². The molecule has 0 unspecified atom stereocenters. The van der Waals surface area contributed by atoms with Gasteiger partial charge in [-0.3, -0.25) is 0 Å². The average Bonchev–Trinajstić information content (AvgIpc) is 1.85. The summed E-state index contributed by atoms with van der Waals surface area (Å²) >= 11 is 0. The molecule has 0 spiro atoms. The van der Waals surface area contributed by atoms with E-state index < -0.39 is 11.9 Å². The Kier molecular flexibility index (Phi) is 10.2. The lowest BCUT2D eigenvalue weighted by Crippen LogP contribution is -2.03. The minimum atomic E-state index is -0.639. The van der Waals surface area contributed by atoms with Gasteiger partial charge in [0, 0.05) is 13.8 Å². The third kappa shape index (κ3) is 27.9. The van der Waals surface area contributed by atoms with Gasteiger partial charge in [0.2, 0.25) is 0 Å². The summed E-state index contributed by atoms with van der Waals surface area (Å²) in [6.45, 7) is 2.28. The van der Waals surface area contributed by atoms with Crippen LogP contribution in [0, 0.1) is 0 Å². The molecule has 0 aromatic heterocycles. The Morgan fingerprint density at radius 2 is 1.18 bits per heavy atom. The van der Waals surface area contributed by atoms with E-state index in [1.165, 1.54) is 0 Å². The van der Waals surface area contributed by atoms with Crippen molar-refractivity contribution in [3.8, 4) is 0 Å².